The Morgan fingerprint density at radius 3 is 2.60 bits per heavy atom. The first-order valence-electron chi connectivity index (χ1n) is 6.01. The van der Waals surface area contributed by atoms with Crippen LogP contribution >= 0.6 is 0 Å². The molecule has 0 aliphatic carbocycles. The summed E-state index contributed by atoms with van der Waals surface area (Å²) in [7, 11) is 0. The van der Waals surface area contributed by atoms with Gasteiger partial charge in [-0.05, 0) is 17.7 Å². The van der Waals surface area contributed by atoms with Crippen molar-refractivity contribution in [3.05, 3.63) is 70.1 Å². The number of fused-ring (bicyclic) bond motifs is 1. The van der Waals surface area contributed by atoms with E-state index in [1.54, 1.807) is 18.2 Å². The van der Waals surface area contributed by atoms with Crippen molar-refractivity contribution in [1.29, 1.82) is 0 Å². The number of oxazole rings is 1. The number of non-ortho nitro benzene ring substituents is 1. The van der Waals surface area contributed by atoms with Gasteiger partial charge in [0.2, 0.25) is 5.89 Å². The first-order chi connectivity index (χ1) is 9.74. The Morgan fingerprint density at radius 1 is 1.05 bits per heavy atom. The Morgan fingerprint density at radius 2 is 1.85 bits per heavy atom. The zero-order valence-electron chi connectivity index (χ0n) is 10.4. The van der Waals surface area contributed by atoms with E-state index in [1.165, 1.54) is 6.07 Å². The molecule has 1 heterocycles. The third-order valence-electron chi connectivity index (χ3n) is 2.83. The summed E-state index contributed by atoms with van der Waals surface area (Å²) in [5.41, 5.74) is 1.63. The molecular weight excluding hydrogens is 256 g/mol. The Labute approximate surface area is 114 Å². The van der Waals surface area contributed by atoms with Gasteiger partial charge in [-0.1, -0.05) is 36.4 Å². The van der Waals surface area contributed by atoms with Crippen molar-refractivity contribution in [1.82, 2.24) is 4.98 Å². The lowest BCUT2D eigenvalue weighted by molar-refractivity contribution is -0.383. The lowest BCUT2D eigenvalue weighted by Crippen LogP contribution is -1.88. The summed E-state index contributed by atoms with van der Waals surface area (Å²) < 4.78 is 5.48. The molecular formula is C15H10N2O3. The highest BCUT2D eigenvalue weighted by molar-refractivity contribution is 5.84. The standard InChI is InChI=1S/C15H10N2O3/c18-17(19)12-7-4-8-13-15(12)16-14(20-13)10-9-11-5-2-1-3-6-11/h1-10H. The fraction of sp³-hybridized carbons (Fsp3) is 0. The van der Waals surface area contributed by atoms with E-state index in [1.807, 2.05) is 36.4 Å². The third-order valence-corrected chi connectivity index (χ3v) is 2.83. The van der Waals surface area contributed by atoms with Gasteiger partial charge in [-0.3, -0.25) is 10.1 Å². The van der Waals surface area contributed by atoms with Crippen LogP contribution in [-0.2, 0) is 0 Å². The van der Waals surface area contributed by atoms with E-state index >= 15 is 0 Å². The minimum atomic E-state index is -0.463. The van der Waals surface area contributed by atoms with Crippen molar-refractivity contribution in [2.75, 3.05) is 0 Å². The second-order valence-electron chi connectivity index (χ2n) is 4.18. The molecule has 0 radical (unpaired) electrons. The molecule has 0 saturated carbocycles. The number of nitro groups is 1. The van der Waals surface area contributed by atoms with Gasteiger partial charge in [0.1, 0.15) is 0 Å². The predicted octanol–water partition coefficient (Wildman–Crippen LogP) is 3.91. The summed E-state index contributed by atoms with van der Waals surface area (Å²) in [4.78, 5) is 14.6. The number of aromatic nitrogens is 1. The van der Waals surface area contributed by atoms with E-state index in [2.05, 4.69) is 4.98 Å². The summed E-state index contributed by atoms with van der Waals surface area (Å²) >= 11 is 0. The normalized spacial score (nSPS) is 11.2. The molecule has 0 saturated heterocycles. The fourth-order valence-electron chi connectivity index (χ4n) is 1.90. The zero-order chi connectivity index (χ0) is 13.9. The van der Waals surface area contributed by atoms with Crippen LogP contribution in [0.5, 0.6) is 0 Å². The minimum absolute atomic E-state index is 0.0504. The molecule has 3 aromatic rings. The molecule has 5 heteroatoms. The number of nitro benzene ring substituents is 1. The van der Waals surface area contributed by atoms with Gasteiger partial charge in [0, 0.05) is 12.1 Å². The van der Waals surface area contributed by atoms with E-state index < -0.39 is 4.92 Å². The van der Waals surface area contributed by atoms with Gasteiger partial charge >= 0.3 is 0 Å². The topological polar surface area (TPSA) is 69.2 Å². The van der Waals surface area contributed by atoms with Crippen LogP contribution in [0.15, 0.2) is 52.9 Å². The van der Waals surface area contributed by atoms with Gasteiger partial charge in [-0.15, -0.1) is 0 Å². The number of hydrogen-bond acceptors (Lipinski definition) is 4. The Hall–Kier alpha value is -2.95. The highest BCUT2D eigenvalue weighted by atomic mass is 16.6. The van der Waals surface area contributed by atoms with Gasteiger partial charge in [-0.2, -0.15) is 0 Å². The van der Waals surface area contributed by atoms with Crippen LogP contribution in [0.1, 0.15) is 11.5 Å². The smallest absolute Gasteiger partial charge is 0.298 e. The molecule has 0 spiro atoms. The van der Waals surface area contributed by atoms with Crippen molar-refractivity contribution < 1.29 is 9.34 Å². The number of hydrogen-bond donors (Lipinski definition) is 0. The van der Waals surface area contributed by atoms with Gasteiger partial charge < -0.3 is 4.42 Å². The average molecular weight is 266 g/mol. The molecule has 0 amide bonds. The molecule has 0 atom stereocenters. The Kier molecular flexibility index (Phi) is 3.01. The second-order valence-corrected chi connectivity index (χ2v) is 4.18. The number of benzene rings is 2. The highest BCUT2D eigenvalue weighted by Crippen LogP contribution is 2.26. The molecule has 0 aliphatic rings. The molecule has 20 heavy (non-hydrogen) atoms. The third kappa shape index (κ3) is 2.29. The molecule has 0 N–H and O–H groups in total. The predicted molar refractivity (Wildman–Crippen MR) is 76.0 cm³/mol. The lowest BCUT2D eigenvalue weighted by Gasteiger charge is -1.89. The Balaban J connectivity index is 2.00. The number of para-hydroxylation sites is 1. The van der Waals surface area contributed by atoms with Gasteiger partial charge in [0.05, 0.1) is 4.92 Å². The molecule has 0 aliphatic heterocycles. The van der Waals surface area contributed by atoms with Crippen molar-refractivity contribution in [2.45, 2.75) is 0 Å². The molecule has 98 valence electrons. The van der Waals surface area contributed by atoms with Crippen LogP contribution < -0.4 is 0 Å². The quantitative estimate of drug-likeness (QED) is 0.532. The lowest BCUT2D eigenvalue weighted by atomic mass is 10.2. The van der Waals surface area contributed by atoms with Crippen LogP contribution in [0.2, 0.25) is 0 Å². The second kappa shape index (κ2) is 4.97. The first-order valence-corrected chi connectivity index (χ1v) is 6.01. The molecule has 5 nitrogen and oxygen atoms in total. The molecule has 0 fully saturated rings. The van der Waals surface area contributed by atoms with Crippen LogP contribution in [0, 0.1) is 10.1 Å². The van der Waals surface area contributed by atoms with E-state index in [0.29, 0.717) is 11.5 Å². The molecule has 0 unspecified atom stereocenters. The summed E-state index contributed by atoms with van der Waals surface area (Å²) in [6.45, 7) is 0. The summed E-state index contributed by atoms with van der Waals surface area (Å²) in [6, 6.07) is 14.3. The number of rotatable bonds is 3. The monoisotopic (exact) mass is 266 g/mol. The minimum Gasteiger partial charge on any atom is -0.436 e. The fourth-order valence-corrected chi connectivity index (χ4v) is 1.90. The van der Waals surface area contributed by atoms with Crippen LogP contribution in [0.4, 0.5) is 5.69 Å². The van der Waals surface area contributed by atoms with Crippen LogP contribution in [0.3, 0.4) is 0 Å². The average Bonchev–Trinajstić information content (AvgIpc) is 2.88. The van der Waals surface area contributed by atoms with Crippen molar-refractivity contribution >= 4 is 28.9 Å². The maximum absolute atomic E-state index is 10.9. The highest BCUT2D eigenvalue weighted by Gasteiger charge is 2.16. The molecule has 2 aromatic carbocycles. The van der Waals surface area contributed by atoms with Crippen LogP contribution in [0.25, 0.3) is 23.3 Å². The van der Waals surface area contributed by atoms with Gasteiger partial charge in [0.25, 0.3) is 5.69 Å². The zero-order valence-corrected chi connectivity index (χ0v) is 10.4. The summed E-state index contributed by atoms with van der Waals surface area (Å²) in [5, 5.41) is 10.9. The number of nitrogens with zero attached hydrogens (tertiary/aromatic N) is 2. The summed E-state index contributed by atoms with van der Waals surface area (Å²) in [5.74, 6) is 0.346. The van der Waals surface area contributed by atoms with E-state index in [-0.39, 0.29) is 11.2 Å². The van der Waals surface area contributed by atoms with E-state index in [9.17, 15) is 10.1 Å². The van der Waals surface area contributed by atoms with Gasteiger partial charge in [-0.25, -0.2) is 4.98 Å². The van der Waals surface area contributed by atoms with E-state index in [4.69, 9.17) is 4.42 Å². The SMILES string of the molecule is O=[N+]([O-])c1cccc2oc(C=Cc3ccccc3)nc12. The van der Waals surface area contributed by atoms with Crippen molar-refractivity contribution in [3.8, 4) is 0 Å². The molecule has 1 aromatic heterocycles. The van der Waals surface area contributed by atoms with Crippen LogP contribution in [-0.4, -0.2) is 9.91 Å². The van der Waals surface area contributed by atoms with Gasteiger partial charge in [0.15, 0.2) is 11.1 Å². The molecule has 0 bridgehead atoms. The summed E-state index contributed by atoms with van der Waals surface area (Å²) in [6.07, 6.45) is 3.54. The first kappa shape index (κ1) is 12.1. The van der Waals surface area contributed by atoms with Crippen molar-refractivity contribution in [3.63, 3.8) is 0 Å². The van der Waals surface area contributed by atoms with Crippen molar-refractivity contribution in [2.24, 2.45) is 0 Å². The maximum Gasteiger partial charge on any atom is 0.298 e. The molecule has 3 rings (SSSR count). The Bertz CT molecular complexity index is 791. The van der Waals surface area contributed by atoms with E-state index in [0.717, 1.165) is 5.56 Å². The largest absolute Gasteiger partial charge is 0.436 e. The maximum atomic E-state index is 10.9.